The molecule has 6 heteroatoms. The first-order valence-electron chi connectivity index (χ1n) is 7.15. The maximum atomic E-state index is 11.4. The summed E-state index contributed by atoms with van der Waals surface area (Å²) in [5, 5.41) is 4.57. The molecule has 0 N–H and O–H groups in total. The van der Waals surface area contributed by atoms with Crippen LogP contribution in [0.15, 0.2) is 0 Å². The van der Waals surface area contributed by atoms with Gasteiger partial charge in [0, 0.05) is 19.4 Å². The summed E-state index contributed by atoms with van der Waals surface area (Å²) in [6.45, 7) is 3.23. The Morgan fingerprint density at radius 3 is 2.74 bits per heavy atom. The Morgan fingerprint density at radius 2 is 2.00 bits per heavy atom. The topological polar surface area (TPSA) is 64.8 Å². The second kappa shape index (κ2) is 4.89. The van der Waals surface area contributed by atoms with Crippen LogP contribution in [-0.4, -0.2) is 34.7 Å². The first-order chi connectivity index (χ1) is 9.02. The molecule has 3 rings (SSSR count). The summed E-state index contributed by atoms with van der Waals surface area (Å²) in [5.41, 5.74) is 0. The van der Waals surface area contributed by atoms with Crippen molar-refractivity contribution in [3.63, 3.8) is 0 Å². The van der Waals surface area contributed by atoms with Gasteiger partial charge < -0.3 is 0 Å². The molecular formula is C13H21N3O2S. The molecule has 1 unspecified atom stereocenters. The van der Waals surface area contributed by atoms with Crippen LogP contribution in [0.4, 0.5) is 0 Å². The predicted molar refractivity (Wildman–Crippen MR) is 72.6 cm³/mol. The Balaban J connectivity index is 1.65. The first-order valence-corrected chi connectivity index (χ1v) is 8.97. The smallest absolute Gasteiger partial charge is 0.151 e. The molecule has 0 saturated carbocycles. The Labute approximate surface area is 114 Å². The van der Waals surface area contributed by atoms with Gasteiger partial charge in [-0.05, 0) is 31.1 Å². The van der Waals surface area contributed by atoms with E-state index in [1.54, 1.807) is 0 Å². The minimum Gasteiger partial charge on any atom is -0.250 e. The molecule has 2 aliphatic rings. The number of fused-ring (bicyclic) bond motifs is 1. The van der Waals surface area contributed by atoms with Crippen LogP contribution in [0.25, 0.3) is 0 Å². The number of rotatable bonds is 2. The van der Waals surface area contributed by atoms with E-state index in [1.807, 2.05) is 4.68 Å². The molecule has 0 amide bonds. The van der Waals surface area contributed by atoms with Crippen molar-refractivity contribution in [3.05, 3.63) is 11.6 Å². The largest absolute Gasteiger partial charge is 0.250 e. The molecule has 5 nitrogen and oxygen atoms in total. The van der Waals surface area contributed by atoms with Crippen molar-refractivity contribution in [2.24, 2.45) is 11.8 Å². The fraction of sp³-hybridized carbons (Fsp3) is 0.846. The summed E-state index contributed by atoms with van der Waals surface area (Å²) in [6.07, 6.45) is 4.57. The number of nitrogens with zero attached hydrogens (tertiary/aromatic N) is 3. The van der Waals surface area contributed by atoms with Crippen molar-refractivity contribution >= 4 is 9.84 Å². The van der Waals surface area contributed by atoms with Gasteiger partial charge in [0.15, 0.2) is 5.82 Å². The molecule has 0 spiro atoms. The van der Waals surface area contributed by atoms with Crippen LogP contribution in [0.5, 0.6) is 0 Å². The SMILES string of the molecule is CC1CCn2nc(CC3CCS(=O)(=O)CC3)nc2C1. The first kappa shape index (κ1) is 13.1. The van der Waals surface area contributed by atoms with Gasteiger partial charge in [0.05, 0.1) is 11.5 Å². The zero-order valence-electron chi connectivity index (χ0n) is 11.4. The van der Waals surface area contributed by atoms with Gasteiger partial charge in [-0.2, -0.15) is 5.10 Å². The number of hydrogen-bond donors (Lipinski definition) is 0. The van der Waals surface area contributed by atoms with Crippen molar-refractivity contribution in [2.75, 3.05) is 11.5 Å². The third-order valence-corrected chi connectivity index (χ3v) is 6.02. The highest BCUT2D eigenvalue weighted by Crippen LogP contribution is 2.23. The molecule has 0 aromatic carbocycles. The fourth-order valence-electron chi connectivity index (χ4n) is 3.00. The van der Waals surface area contributed by atoms with Gasteiger partial charge in [-0.15, -0.1) is 0 Å². The van der Waals surface area contributed by atoms with E-state index in [0.29, 0.717) is 23.3 Å². The fourth-order valence-corrected chi connectivity index (χ4v) is 4.59. The lowest BCUT2D eigenvalue weighted by Gasteiger charge is -2.20. The average Bonchev–Trinajstić information content (AvgIpc) is 2.73. The second-order valence-corrected chi connectivity index (χ2v) is 8.37. The molecule has 19 heavy (non-hydrogen) atoms. The van der Waals surface area contributed by atoms with Gasteiger partial charge in [-0.3, -0.25) is 0 Å². The molecule has 1 fully saturated rings. The standard InChI is InChI=1S/C13H21N3O2S/c1-10-2-5-16-13(8-10)14-12(15-16)9-11-3-6-19(17,18)7-4-11/h10-11H,2-9H2,1H3. The highest BCUT2D eigenvalue weighted by atomic mass is 32.2. The van der Waals surface area contributed by atoms with Crippen LogP contribution in [0.3, 0.4) is 0 Å². The lowest BCUT2D eigenvalue weighted by Crippen LogP contribution is -2.24. The quantitative estimate of drug-likeness (QED) is 0.819. The van der Waals surface area contributed by atoms with Crippen LogP contribution in [0.2, 0.25) is 0 Å². The maximum absolute atomic E-state index is 11.4. The van der Waals surface area contributed by atoms with E-state index in [2.05, 4.69) is 17.0 Å². The summed E-state index contributed by atoms with van der Waals surface area (Å²) in [6, 6.07) is 0. The van der Waals surface area contributed by atoms with E-state index in [-0.39, 0.29) is 0 Å². The van der Waals surface area contributed by atoms with Crippen LogP contribution in [0.1, 0.15) is 37.8 Å². The van der Waals surface area contributed by atoms with Gasteiger partial charge in [0.2, 0.25) is 0 Å². The molecular weight excluding hydrogens is 262 g/mol. The molecule has 1 aromatic heterocycles. The summed E-state index contributed by atoms with van der Waals surface area (Å²) in [4.78, 5) is 4.63. The minimum absolute atomic E-state index is 0.336. The van der Waals surface area contributed by atoms with Crippen molar-refractivity contribution in [1.82, 2.24) is 14.8 Å². The average molecular weight is 283 g/mol. The van der Waals surface area contributed by atoms with E-state index >= 15 is 0 Å². The third kappa shape index (κ3) is 2.99. The van der Waals surface area contributed by atoms with E-state index < -0.39 is 9.84 Å². The Bertz CT molecular complexity index is 550. The Kier molecular flexibility index (Phi) is 3.37. The minimum atomic E-state index is -2.76. The molecule has 1 atom stereocenters. The van der Waals surface area contributed by atoms with Gasteiger partial charge in [-0.25, -0.2) is 18.1 Å². The zero-order chi connectivity index (χ0) is 13.5. The number of aryl methyl sites for hydroxylation is 1. The van der Waals surface area contributed by atoms with Crippen LogP contribution in [0, 0.1) is 11.8 Å². The Morgan fingerprint density at radius 1 is 1.26 bits per heavy atom. The molecule has 0 aliphatic carbocycles. The molecule has 1 saturated heterocycles. The van der Waals surface area contributed by atoms with E-state index in [1.165, 1.54) is 6.42 Å². The highest BCUT2D eigenvalue weighted by Gasteiger charge is 2.26. The van der Waals surface area contributed by atoms with Crippen LogP contribution >= 0.6 is 0 Å². The van der Waals surface area contributed by atoms with Gasteiger partial charge in [0.1, 0.15) is 15.7 Å². The number of aromatic nitrogens is 3. The highest BCUT2D eigenvalue weighted by molar-refractivity contribution is 7.91. The molecule has 0 radical (unpaired) electrons. The van der Waals surface area contributed by atoms with E-state index in [9.17, 15) is 8.42 Å². The molecule has 0 bridgehead atoms. The third-order valence-electron chi connectivity index (χ3n) is 4.30. The monoisotopic (exact) mass is 283 g/mol. The van der Waals surface area contributed by atoms with Crippen molar-refractivity contribution in [3.8, 4) is 0 Å². The van der Waals surface area contributed by atoms with Gasteiger partial charge >= 0.3 is 0 Å². The van der Waals surface area contributed by atoms with Crippen molar-refractivity contribution in [2.45, 2.75) is 45.6 Å². The molecule has 3 heterocycles. The van der Waals surface area contributed by atoms with Gasteiger partial charge in [0.25, 0.3) is 0 Å². The molecule has 2 aliphatic heterocycles. The normalized spacial score (nSPS) is 27.1. The molecule has 1 aromatic rings. The number of hydrogen-bond acceptors (Lipinski definition) is 4. The predicted octanol–water partition coefficient (Wildman–Crippen LogP) is 1.23. The van der Waals surface area contributed by atoms with Crippen LogP contribution < -0.4 is 0 Å². The Hall–Kier alpha value is -0.910. The van der Waals surface area contributed by atoms with Crippen molar-refractivity contribution < 1.29 is 8.42 Å². The maximum Gasteiger partial charge on any atom is 0.151 e. The second-order valence-electron chi connectivity index (χ2n) is 6.06. The zero-order valence-corrected chi connectivity index (χ0v) is 12.2. The summed E-state index contributed by atoms with van der Waals surface area (Å²) in [7, 11) is -2.76. The summed E-state index contributed by atoms with van der Waals surface area (Å²) >= 11 is 0. The van der Waals surface area contributed by atoms with Crippen LogP contribution in [-0.2, 0) is 29.2 Å². The van der Waals surface area contributed by atoms with Crippen molar-refractivity contribution in [1.29, 1.82) is 0 Å². The lowest BCUT2D eigenvalue weighted by molar-refractivity contribution is 0.384. The lowest BCUT2D eigenvalue weighted by atomic mass is 9.98. The van der Waals surface area contributed by atoms with Gasteiger partial charge in [-0.1, -0.05) is 6.92 Å². The number of sulfone groups is 1. The summed E-state index contributed by atoms with van der Waals surface area (Å²) in [5.74, 6) is 3.82. The summed E-state index contributed by atoms with van der Waals surface area (Å²) < 4.78 is 24.9. The van der Waals surface area contributed by atoms with E-state index in [4.69, 9.17) is 0 Å². The van der Waals surface area contributed by atoms with E-state index in [0.717, 1.165) is 43.9 Å². The molecule has 106 valence electrons.